The Bertz CT molecular complexity index is 589. The van der Waals surface area contributed by atoms with Crippen LogP contribution in [0.3, 0.4) is 0 Å². The Kier molecular flexibility index (Phi) is 5.83. The van der Waals surface area contributed by atoms with Crippen molar-refractivity contribution in [2.24, 2.45) is 11.8 Å². The number of rotatable bonds is 4. The van der Waals surface area contributed by atoms with Crippen molar-refractivity contribution in [3.05, 3.63) is 29.8 Å². The van der Waals surface area contributed by atoms with Gasteiger partial charge in [0.05, 0.1) is 0 Å². The number of carbonyl (C=O) groups is 1. The average molecular weight is 343 g/mol. The molecular weight excluding hydrogens is 308 g/mol. The minimum Gasteiger partial charge on any atom is -0.309 e. The summed E-state index contributed by atoms with van der Waals surface area (Å²) in [6.45, 7) is 8.86. The third-order valence-electron chi connectivity index (χ3n) is 6.31. The van der Waals surface area contributed by atoms with Crippen molar-refractivity contribution in [2.75, 3.05) is 4.90 Å². The molecule has 1 saturated carbocycles. The number of nitrogens with one attached hydrogen (secondary N) is 1. The number of hydrogen-bond acceptors (Lipinski definition) is 2. The zero-order chi connectivity index (χ0) is 18.0. The number of amides is 1. The molecule has 0 spiro atoms. The molecule has 2 atom stereocenters. The highest BCUT2D eigenvalue weighted by atomic mass is 16.2. The maximum atomic E-state index is 12.4. The van der Waals surface area contributed by atoms with E-state index in [1.165, 1.54) is 31.2 Å². The van der Waals surface area contributed by atoms with Gasteiger partial charge in [-0.25, -0.2) is 0 Å². The second kappa shape index (κ2) is 7.90. The van der Waals surface area contributed by atoms with E-state index in [2.05, 4.69) is 50.4 Å². The number of hydrogen-bond donors (Lipinski definition) is 1. The van der Waals surface area contributed by atoms with E-state index in [0.29, 0.717) is 18.5 Å². The van der Waals surface area contributed by atoms with Gasteiger partial charge in [0.25, 0.3) is 0 Å². The molecule has 1 aliphatic heterocycles. The smallest absolute Gasteiger partial charge is 0.226 e. The molecule has 25 heavy (non-hydrogen) atoms. The summed E-state index contributed by atoms with van der Waals surface area (Å²) < 4.78 is 0. The van der Waals surface area contributed by atoms with Crippen LogP contribution in [0.1, 0.15) is 77.8 Å². The summed E-state index contributed by atoms with van der Waals surface area (Å²) in [7, 11) is 0. The molecule has 1 N–H and O–H groups in total. The number of benzene rings is 1. The van der Waals surface area contributed by atoms with Crippen molar-refractivity contribution in [1.82, 2.24) is 5.32 Å². The molecular formula is C22H34N2O. The standard InChI is InChI=1S/C22H34N2O/c1-5-22(25)24-16(4)14-20(19-8-6-7-9-21(19)24)23-18-12-10-17(11-13-18)15(2)3/h6-9,15-18,20,23H,5,10-14H2,1-4H3/t16-,17?,18?,20+/m0/s1. The highest BCUT2D eigenvalue weighted by Gasteiger charge is 2.34. The summed E-state index contributed by atoms with van der Waals surface area (Å²) >= 11 is 0. The van der Waals surface area contributed by atoms with Crippen LogP contribution in [-0.4, -0.2) is 18.0 Å². The Morgan fingerprint density at radius 3 is 2.52 bits per heavy atom. The molecule has 1 aromatic carbocycles. The van der Waals surface area contributed by atoms with Gasteiger partial charge in [-0.3, -0.25) is 4.79 Å². The highest BCUT2D eigenvalue weighted by Crippen LogP contribution is 2.39. The van der Waals surface area contributed by atoms with Crippen molar-refractivity contribution in [1.29, 1.82) is 0 Å². The number of fused-ring (bicyclic) bond motifs is 1. The van der Waals surface area contributed by atoms with Gasteiger partial charge in [-0.1, -0.05) is 39.0 Å². The van der Waals surface area contributed by atoms with Crippen molar-refractivity contribution in [3.8, 4) is 0 Å². The Morgan fingerprint density at radius 2 is 1.88 bits per heavy atom. The summed E-state index contributed by atoms with van der Waals surface area (Å²) in [6, 6.07) is 9.72. The normalized spacial score (nSPS) is 29.6. The van der Waals surface area contributed by atoms with Crippen LogP contribution in [0.2, 0.25) is 0 Å². The van der Waals surface area contributed by atoms with Crippen LogP contribution < -0.4 is 10.2 Å². The molecule has 1 amide bonds. The van der Waals surface area contributed by atoms with E-state index in [1.807, 2.05) is 11.8 Å². The van der Waals surface area contributed by atoms with Gasteiger partial charge < -0.3 is 10.2 Å². The van der Waals surface area contributed by atoms with Crippen LogP contribution in [0.5, 0.6) is 0 Å². The monoisotopic (exact) mass is 342 g/mol. The fourth-order valence-electron chi connectivity index (χ4n) is 4.76. The largest absolute Gasteiger partial charge is 0.309 e. The van der Waals surface area contributed by atoms with Crippen LogP contribution in [-0.2, 0) is 4.79 Å². The maximum Gasteiger partial charge on any atom is 0.226 e. The minimum atomic E-state index is 0.232. The fourth-order valence-corrected chi connectivity index (χ4v) is 4.76. The van der Waals surface area contributed by atoms with E-state index in [-0.39, 0.29) is 11.9 Å². The second-order valence-electron chi connectivity index (χ2n) is 8.34. The van der Waals surface area contributed by atoms with Crippen LogP contribution in [0.25, 0.3) is 0 Å². The van der Waals surface area contributed by atoms with Crippen molar-refractivity contribution in [3.63, 3.8) is 0 Å². The summed E-state index contributed by atoms with van der Waals surface area (Å²) in [6.07, 6.45) is 6.84. The third-order valence-corrected chi connectivity index (χ3v) is 6.31. The lowest BCUT2D eigenvalue weighted by atomic mass is 9.79. The van der Waals surface area contributed by atoms with E-state index < -0.39 is 0 Å². The molecule has 138 valence electrons. The molecule has 2 aliphatic rings. The number of anilines is 1. The predicted molar refractivity (Wildman–Crippen MR) is 105 cm³/mol. The summed E-state index contributed by atoms with van der Waals surface area (Å²) in [5.74, 6) is 1.94. The molecule has 1 aromatic rings. The number of nitrogens with zero attached hydrogens (tertiary/aromatic N) is 1. The Balaban J connectivity index is 1.74. The van der Waals surface area contributed by atoms with E-state index >= 15 is 0 Å². The summed E-state index contributed by atoms with van der Waals surface area (Å²) in [5, 5.41) is 3.94. The van der Waals surface area contributed by atoms with Gasteiger partial charge in [-0.2, -0.15) is 0 Å². The zero-order valence-corrected chi connectivity index (χ0v) is 16.3. The lowest BCUT2D eigenvalue weighted by Gasteiger charge is -2.42. The predicted octanol–water partition coefficient (Wildman–Crippen LogP) is 5.07. The SMILES string of the molecule is CCC(=O)N1c2ccccc2[C@H](NC2CCC(C(C)C)CC2)C[C@@H]1C. The Labute approximate surface area is 153 Å². The molecule has 3 heteroatoms. The van der Waals surface area contributed by atoms with Gasteiger partial charge >= 0.3 is 0 Å². The fraction of sp³-hybridized carbons (Fsp3) is 0.682. The molecule has 3 nitrogen and oxygen atoms in total. The molecule has 1 heterocycles. The molecule has 0 radical (unpaired) electrons. The van der Waals surface area contributed by atoms with Gasteiger partial charge in [0, 0.05) is 30.2 Å². The average Bonchev–Trinajstić information content (AvgIpc) is 2.62. The Morgan fingerprint density at radius 1 is 1.20 bits per heavy atom. The van der Waals surface area contributed by atoms with Gasteiger partial charge in [-0.15, -0.1) is 0 Å². The quantitative estimate of drug-likeness (QED) is 0.829. The number of para-hydroxylation sites is 1. The van der Waals surface area contributed by atoms with Crippen molar-refractivity contribution in [2.45, 2.75) is 84.3 Å². The van der Waals surface area contributed by atoms with Crippen LogP contribution in [0, 0.1) is 11.8 Å². The lowest BCUT2D eigenvalue weighted by molar-refractivity contribution is -0.118. The second-order valence-corrected chi connectivity index (χ2v) is 8.34. The molecule has 1 aliphatic carbocycles. The summed E-state index contributed by atoms with van der Waals surface area (Å²) in [5.41, 5.74) is 2.41. The minimum absolute atomic E-state index is 0.232. The maximum absolute atomic E-state index is 12.4. The zero-order valence-electron chi connectivity index (χ0n) is 16.3. The first kappa shape index (κ1) is 18.4. The van der Waals surface area contributed by atoms with Gasteiger partial charge in [0.1, 0.15) is 0 Å². The van der Waals surface area contributed by atoms with E-state index in [4.69, 9.17) is 0 Å². The molecule has 0 saturated heterocycles. The molecule has 0 bridgehead atoms. The van der Waals surface area contributed by atoms with Crippen LogP contribution >= 0.6 is 0 Å². The molecule has 1 fully saturated rings. The number of carbonyl (C=O) groups excluding carboxylic acids is 1. The molecule has 0 aromatic heterocycles. The van der Waals surface area contributed by atoms with Crippen LogP contribution in [0.15, 0.2) is 24.3 Å². The lowest BCUT2D eigenvalue weighted by Crippen LogP contribution is -2.47. The van der Waals surface area contributed by atoms with E-state index in [0.717, 1.165) is 23.9 Å². The van der Waals surface area contributed by atoms with E-state index in [1.54, 1.807) is 0 Å². The molecule has 3 rings (SSSR count). The molecule has 0 unspecified atom stereocenters. The van der Waals surface area contributed by atoms with Gasteiger partial charge in [-0.05, 0) is 62.5 Å². The first-order valence-electron chi connectivity index (χ1n) is 10.2. The first-order chi connectivity index (χ1) is 12.0. The summed E-state index contributed by atoms with van der Waals surface area (Å²) in [4.78, 5) is 14.5. The van der Waals surface area contributed by atoms with Crippen molar-refractivity contribution < 1.29 is 4.79 Å². The topological polar surface area (TPSA) is 32.3 Å². The van der Waals surface area contributed by atoms with Gasteiger partial charge in [0.2, 0.25) is 5.91 Å². The third kappa shape index (κ3) is 3.92. The van der Waals surface area contributed by atoms with E-state index in [9.17, 15) is 4.79 Å². The van der Waals surface area contributed by atoms with Crippen molar-refractivity contribution >= 4 is 11.6 Å². The van der Waals surface area contributed by atoms with Gasteiger partial charge in [0.15, 0.2) is 0 Å². The first-order valence-corrected chi connectivity index (χ1v) is 10.2. The van der Waals surface area contributed by atoms with Crippen LogP contribution in [0.4, 0.5) is 5.69 Å². The highest BCUT2D eigenvalue weighted by molar-refractivity contribution is 5.95. The Hall–Kier alpha value is -1.35.